The number of anilines is 3. The summed E-state index contributed by atoms with van der Waals surface area (Å²) < 4.78 is 1.09. The number of aryl methyl sites for hydroxylation is 1. The van der Waals surface area contributed by atoms with Crippen LogP contribution in [0.4, 0.5) is 17.5 Å². The lowest BCUT2D eigenvalue weighted by atomic mass is 10.2. The summed E-state index contributed by atoms with van der Waals surface area (Å²) >= 11 is 3.50. The monoisotopic (exact) mass is 347 g/mol. The quantitative estimate of drug-likeness (QED) is 0.873. The van der Waals surface area contributed by atoms with Crippen molar-refractivity contribution >= 4 is 33.4 Å². The summed E-state index contributed by atoms with van der Waals surface area (Å²) in [4.78, 5) is 4.48. The van der Waals surface area contributed by atoms with Crippen molar-refractivity contribution in [1.82, 2.24) is 15.2 Å². The van der Waals surface area contributed by atoms with Crippen molar-refractivity contribution in [3.05, 3.63) is 34.4 Å². The van der Waals surface area contributed by atoms with Crippen molar-refractivity contribution in [2.75, 3.05) is 10.6 Å². The zero-order valence-electron chi connectivity index (χ0n) is 11.9. The van der Waals surface area contributed by atoms with E-state index in [1.807, 2.05) is 12.1 Å². The Hall–Kier alpha value is -1.69. The van der Waals surface area contributed by atoms with Crippen LogP contribution >= 0.6 is 15.9 Å². The molecule has 0 spiro atoms. The fourth-order valence-electron chi connectivity index (χ4n) is 2.55. The second-order valence-corrected chi connectivity index (χ2v) is 6.23. The molecule has 0 atom stereocenters. The van der Waals surface area contributed by atoms with E-state index in [-0.39, 0.29) is 0 Å². The summed E-state index contributed by atoms with van der Waals surface area (Å²) in [7, 11) is 0. The van der Waals surface area contributed by atoms with Gasteiger partial charge in [0.15, 0.2) is 5.82 Å². The summed E-state index contributed by atoms with van der Waals surface area (Å²) in [6.45, 7) is 2.06. The Kier molecular flexibility index (Phi) is 4.34. The second kappa shape index (κ2) is 6.39. The Morgan fingerprint density at radius 3 is 2.81 bits per heavy atom. The molecule has 6 heteroatoms. The minimum Gasteiger partial charge on any atom is -0.350 e. The smallest absolute Gasteiger partial charge is 0.244 e. The topological polar surface area (TPSA) is 62.7 Å². The van der Waals surface area contributed by atoms with Gasteiger partial charge in [-0.3, -0.25) is 0 Å². The van der Waals surface area contributed by atoms with Crippen LogP contribution in [0.25, 0.3) is 0 Å². The first-order valence-corrected chi connectivity index (χ1v) is 7.99. The van der Waals surface area contributed by atoms with Gasteiger partial charge in [0.2, 0.25) is 5.95 Å². The molecule has 2 aromatic rings. The molecule has 1 fully saturated rings. The molecule has 1 saturated carbocycles. The molecular formula is C15H18BrN5. The number of rotatable bonds is 4. The Morgan fingerprint density at radius 1 is 1.24 bits per heavy atom. The van der Waals surface area contributed by atoms with Gasteiger partial charge < -0.3 is 10.6 Å². The normalized spacial score (nSPS) is 15.1. The van der Waals surface area contributed by atoms with Crippen molar-refractivity contribution in [2.24, 2.45) is 0 Å². The molecule has 2 N–H and O–H groups in total. The number of nitrogens with zero attached hydrogens (tertiary/aromatic N) is 3. The zero-order chi connectivity index (χ0) is 14.7. The van der Waals surface area contributed by atoms with E-state index in [0.29, 0.717) is 17.8 Å². The number of halogens is 1. The number of hydrogen-bond acceptors (Lipinski definition) is 5. The van der Waals surface area contributed by atoms with Crippen molar-refractivity contribution in [3.63, 3.8) is 0 Å². The van der Waals surface area contributed by atoms with Crippen molar-refractivity contribution < 1.29 is 0 Å². The third-order valence-electron chi connectivity index (χ3n) is 3.68. The first-order chi connectivity index (χ1) is 10.2. The largest absolute Gasteiger partial charge is 0.350 e. The van der Waals surface area contributed by atoms with E-state index >= 15 is 0 Å². The van der Waals surface area contributed by atoms with Crippen molar-refractivity contribution in [3.8, 4) is 0 Å². The molecule has 1 aliphatic carbocycles. The first kappa shape index (κ1) is 14.3. The van der Waals surface area contributed by atoms with Gasteiger partial charge >= 0.3 is 0 Å². The van der Waals surface area contributed by atoms with Crippen LogP contribution in [0.2, 0.25) is 0 Å². The van der Waals surface area contributed by atoms with Gasteiger partial charge in [-0.25, -0.2) is 0 Å². The summed E-state index contributed by atoms with van der Waals surface area (Å²) in [5.74, 6) is 1.30. The highest BCUT2D eigenvalue weighted by atomic mass is 79.9. The van der Waals surface area contributed by atoms with Gasteiger partial charge in [0.05, 0.1) is 6.20 Å². The summed E-state index contributed by atoms with van der Waals surface area (Å²) in [5.41, 5.74) is 2.16. The Morgan fingerprint density at radius 2 is 2.05 bits per heavy atom. The molecule has 0 aliphatic heterocycles. The van der Waals surface area contributed by atoms with E-state index in [2.05, 4.69) is 54.7 Å². The molecule has 0 radical (unpaired) electrons. The Balaban J connectivity index is 1.71. The summed E-state index contributed by atoms with van der Waals surface area (Å²) in [6, 6.07) is 6.57. The molecule has 0 unspecified atom stereocenters. The van der Waals surface area contributed by atoms with Gasteiger partial charge in [-0.1, -0.05) is 28.8 Å². The third-order valence-corrected chi connectivity index (χ3v) is 4.57. The number of aromatic nitrogens is 3. The zero-order valence-corrected chi connectivity index (χ0v) is 13.5. The number of benzene rings is 1. The Bertz CT molecular complexity index is 625. The maximum atomic E-state index is 4.48. The summed E-state index contributed by atoms with van der Waals surface area (Å²) in [6.07, 6.45) is 6.57. The van der Waals surface area contributed by atoms with Crippen LogP contribution in [-0.2, 0) is 0 Å². The van der Waals surface area contributed by atoms with E-state index < -0.39 is 0 Å². The number of nitrogens with one attached hydrogen (secondary N) is 2. The highest BCUT2D eigenvalue weighted by Crippen LogP contribution is 2.23. The predicted molar refractivity (Wildman–Crippen MR) is 87.9 cm³/mol. The summed E-state index contributed by atoms with van der Waals surface area (Å²) in [5, 5.41) is 14.7. The lowest BCUT2D eigenvalue weighted by molar-refractivity contribution is 0.738. The standard InChI is InChI=1S/C15H18BrN5/c1-10-8-12(6-7-13(10)16)18-14-9-17-21-15(20-14)19-11-4-2-3-5-11/h6-9,11H,2-5H2,1H3,(H2,18,19,20,21). The van der Waals surface area contributed by atoms with Gasteiger partial charge in [-0.15, -0.1) is 5.10 Å². The molecule has 0 amide bonds. The van der Waals surface area contributed by atoms with Gasteiger partial charge in [-0.2, -0.15) is 10.1 Å². The van der Waals surface area contributed by atoms with Gasteiger partial charge in [0, 0.05) is 16.2 Å². The fraction of sp³-hybridized carbons (Fsp3) is 0.400. The van der Waals surface area contributed by atoms with Crippen LogP contribution in [0.5, 0.6) is 0 Å². The van der Waals surface area contributed by atoms with Crippen LogP contribution < -0.4 is 10.6 Å². The predicted octanol–water partition coefficient (Wildman–Crippen LogP) is 4.04. The maximum Gasteiger partial charge on any atom is 0.244 e. The van der Waals surface area contributed by atoms with E-state index in [9.17, 15) is 0 Å². The van der Waals surface area contributed by atoms with Crippen LogP contribution in [0, 0.1) is 6.92 Å². The highest BCUT2D eigenvalue weighted by Gasteiger charge is 2.15. The van der Waals surface area contributed by atoms with Crippen LogP contribution in [0.15, 0.2) is 28.9 Å². The molecule has 21 heavy (non-hydrogen) atoms. The van der Waals surface area contributed by atoms with Gasteiger partial charge in [0.1, 0.15) is 0 Å². The molecule has 5 nitrogen and oxygen atoms in total. The van der Waals surface area contributed by atoms with Gasteiger partial charge in [0.25, 0.3) is 0 Å². The molecular weight excluding hydrogens is 330 g/mol. The third kappa shape index (κ3) is 3.69. The first-order valence-electron chi connectivity index (χ1n) is 7.20. The molecule has 1 aromatic carbocycles. The molecule has 0 bridgehead atoms. The minimum atomic E-state index is 0.483. The minimum absolute atomic E-state index is 0.483. The van der Waals surface area contributed by atoms with E-state index in [0.717, 1.165) is 10.2 Å². The van der Waals surface area contributed by atoms with Crippen molar-refractivity contribution in [1.29, 1.82) is 0 Å². The second-order valence-electron chi connectivity index (χ2n) is 5.38. The van der Waals surface area contributed by atoms with Crippen LogP contribution in [0.1, 0.15) is 31.2 Å². The SMILES string of the molecule is Cc1cc(Nc2cnnc(NC3CCCC3)n2)ccc1Br. The average Bonchev–Trinajstić information content (AvgIpc) is 2.96. The molecule has 1 heterocycles. The molecule has 0 saturated heterocycles. The van der Waals surface area contributed by atoms with E-state index in [4.69, 9.17) is 0 Å². The lowest BCUT2D eigenvalue weighted by Gasteiger charge is -2.12. The highest BCUT2D eigenvalue weighted by molar-refractivity contribution is 9.10. The number of hydrogen-bond donors (Lipinski definition) is 2. The van der Waals surface area contributed by atoms with E-state index in [1.54, 1.807) is 6.20 Å². The maximum absolute atomic E-state index is 4.48. The molecule has 1 aromatic heterocycles. The Labute approximate surface area is 132 Å². The van der Waals surface area contributed by atoms with Crippen LogP contribution in [0.3, 0.4) is 0 Å². The molecule has 3 rings (SSSR count). The van der Waals surface area contributed by atoms with Crippen molar-refractivity contribution in [2.45, 2.75) is 38.6 Å². The van der Waals surface area contributed by atoms with Crippen LogP contribution in [-0.4, -0.2) is 21.2 Å². The lowest BCUT2D eigenvalue weighted by Crippen LogP contribution is -2.17. The molecule has 1 aliphatic rings. The average molecular weight is 348 g/mol. The molecule has 110 valence electrons. The van der Waals surface area contributed by atoms with Gasteiger partial charge in [-0.05, 0) is 43.5 Å². The fourth-order valence-corrected chi connectivity index (χ4v) is 2.79. The van der Waals surface area contributed by atoms with E-state index in [1.165, 1.54) is 31.2 Å².